The summed E-state index contributed by atoms with van der Waals surface area (Å²) >= 11 is 0. The summed E-state index contributed by atoms with van der Waals surface area (Å²) < 4.78 is 10.9. The summed E-state index contributed by atoms with van der Waals surface area (Å²) in [5, 5.41) is 11.4. The number of methoxy groups -OCH3 is 1. The van der Waals surface area contributed by atoms with Gasteiger partial charge in [0.15, 0.2) is 11.5 Å². The van der Waals surface area contributed by atoms with Gasteiger partial charge in [-0.15, -0.1) is 0 Å². The second-order valence-corrected chi connectivity index (χ2v) is 5.48. The number of amides is 1. The van der Waals surface area contributed by atoms with Crippen LogP contribution in [0.2, 0.25) is 0 Å². The minimum atomic E-state index is -0.873. The van der Waals surface area contributed by atoms with Crippen molar-refractivity contribution in [2.24, 2.45) is 5.92 Å². The fourth-order valence-corrected chi connectivity index (χ4v) is 1.99. The average molecular weight is 323 g/mol. The third kappa shape index (κ3) is 6.59. The predicted molar refractivity (Wildman–Crippen MR) is 87.1 cm³/mol. The topological polar surface area (TPSA) is 84.9 Å². The standard InChI is InChI=1S/C17H25NO5/c1-4-5-8-23-14-7-6-13(10-15(14)22-3)17(21)18-11-12(2)9-16(19)20/h6-7,10,12H,4-5,8-9,11H2,1-3H3,(H,18,21)(H,19,20). The van der Waals surface area contributed by atoms with Crippen LogP contribution in [-0.4, -0.2) is 37.2 Å². The molecule has 1 atom stereocenters. The average Bonchev–Trinajstić information content (AvgIpc) is 2.52. The van der Waals surface area contributed by atoms with Crippen LogP contribution in [0, 0.1) is 5.92 Å². The Bertz CT molecular complexity index is 530. The van der Waals surface area contributed by atoms with E-state index in [-0.39, 0.29) is 18.2 Å². The van der Waals surface area contributed by atoms with Crippen molar-refractivity contribution in [1.29, 1.82) is 0 Å². The number of nitrogens with one attached hydrogen (secondary N) is 1. The van der Waals surface area contributed by atoms with E-state index in [9.17, 15) is 9.59 Å². The SMILES string of the molecule is CCCCOc1ccc(C(=O)NCC(C)CC(=O)O)cc1OC. The third-order valence-corrected chi connectivity index (χ3v) is 3.32. The first-order valence-corrected chi connectivity index (χ1v) is 7.78. The molecule has 0 aromatic heterocycles. The molecule has 6 nitrogen and oxygen atoms in total. The minimum absolute atomic E-state index is 0.0216. The predicted octanol–water partition coefficient (Wildman–Crippen LogP) is 2.71. The lowest BCUT2D eigenvalue weighted by molar-refractivity contribution is -0.137. The number of carbonyl (C=O) groups is 2. The van der Waals surface area contributed by atoms with Gasteiger partial charge in [0, 0.05) is 18.5 Å². The number of hydrogen-bond acceptors (Lipinski definition) is 4. The summed E-state index contributed by atoms with van der Waals surface area (Å²) in [6.07, 6.45) is 2.01. The van der Waals surface area contributed by atoms with Crippen molar-refractivity contribution in [3.8, 4) is 11.5 Å². The summed E-state index contributed by atoms with van der Waals surface area (Å²) in [6, 6.07) is 5.00. The molecule has 0 bridgehead atoms. The molecule has 2 N–H and O–H groups in total. The quantitative estimate of drug-likeness (QED) is 0.647. The van der Waals surface area contributed by atoms with Gasteiger partial charge in [0.1, 0.15) is 0 Å². The molecule has 1 rings (SSSR count). The molecule has 0 fully saturated rings. The summed E-state index contributed by atoms with van der Waals surface area (Å²) in [5.74, 6) is -0.151. The number of hydrogen-bond donors (Lipinski definition) is 2. The van der Waals surface area contributed by atoms with Crippen molar-refractivity contribution in [3.63, 3.8) is 0 Å². The van der Waals surface area contributed by atoms with E-state index in [2.05, 4.69) is 12.2 Å². The molecule has 1 aromatic rings. The second kappa shape index (κ2) is 9.71. The molecular weight excluding hydrogens is 298 g/mol. The smallest absolute Gasteiger partial charge is 0.303 e. The number of carboxylic acid groups (broad SMARTS) is 1. The summed E-state index contributed by atoms with van der Waals surface area (Å²) in [5.41, 5.74) is 0.451. The van der Waals surface area contributed by atoms with Gasteiger partial charge in [0.25, 0.3) is 5.91 Å². The molecule has 1 amide bonds. The van der Waals surface area contributed by atoms with Crippen LogP contribution < -0.4 is 14.8 Å². The Labute approximate surface area is 136 Å². The van der Waals surface area contributed by atoms with E-state index in [1.54, 1.807) is 25.1 Å². The molecule has 0 aliphatic carbocycles. The molecule has 0 aliphatic rings. The van der Waals surface area contributed by atoms with Crippen molar-refractivity contribution < 1.29 is 24.2 Å². The summed E-state index contributed by atoms with van der Waals surface area (Å²) in [6.45, 7) is 4.77. The van der Waals surface area contributed by atoms with E-state index in [0.717, 1.165) is 12.8 Å². The van der Waals surface area contributed by atoms with E-state index in [1.807, 2.05) is 0 Å². The maximum atomic E-state index is 12.1. The van der Waals surface area contributed by atoms with Crippen LogP contribution >= 0.6 is 0 Å². The third-order valence-electron chi connectivity index (χ3n) is 3.32. The molecule has 0 heterocycles. The van der Waals surface area contributed by atoms with Crippen LogP contribution in [0.4, 0.5) is 0 Å². The highest BCUT2D eigenvalue weighted by molar-refractivity contribution is 5.94. The molecule has 0 radical (unpaired) electrons. The Balaban J connectivity index is 2.65. The van der Waals surface area contributed by atoms with Gasteiger partial charge in [-0.05, 0) is 30.5 Å². The molecule has 23 heavy (non-hydrogen) atoms. The Hall–Kier alpha value is -2.24. The number of carboxylic acids is 1. The maximum absolute atomic E-state index is 12.1. The Kier molecular flexibility index (Phi) is 7.94. The molecule has 128 valence electrons. The van der Waals surface area contributed by atoms with Crippen molar-refractivity contribution >= 4 is 11.9 Å². The molecule has 1 aromatic carbocycles. The van der Waals surface area contributed by atoms with Crippen molar-refractivity contribution in [2.45, 2.75) is 33.1 Å². The summed E-state index contributed by atoms with van der Waals surface area (Å²) in [7, 11) is 1.53. The first kappa shape index (κ1) is 18.8. The molecule has 0 spiro atoms. The van der Waals surface area contributed by atoms with Gasteiger partial charge < -0.3 is 19.9 Å². The fourth-order valence-electron chi connectivity index (χ4n) is 1.99. The van der Waals surface area contributed by atoms with E-state index in [0.29, 0.717) is 30.2 Å². The normalized spacial score (nSPS) is 11.6. The van der Waals surface area contributed by atoms with Crippen LogP contribution in [-0.2, 0) is 4.79 Å². The Morgan fingerprint density at radius 3 is 2.65 bits per heavy atom. The van der Waals surface area contributed by atoms with Crippen LogP contribution in [0.25, 0.3) is 0 Å². The van der Waals surface area contributed by atoms with Crippen LogP contribution in [0.15, 0.2) is 18.2 Å². The maximum Gasteiger partial charge on any atom is 0.303 e. The Morgan fingerprint density at radius 1 is 1.30 bits per heavy atom. The summed E-state index contributed by atoms with van der Waals surface area (Å²) in [4.78, 5) is 22.7. The molecule has 6 heteroatoms. The zero-order chi connectivity index (χ0) is 17.2. The number of carbonyl (C=O) groups excluding carboxylic acids is 1. The molecule has 0 aliphatic heterocycles. The van der Waals surface area contributed by atoms with Gasteiger partial charge in [-0.25, -0.2) is 0 Å². The first-order valence-electron chi connectivity index (χ1n) is 7.78. The molecule has 0 saturated carbocycles. The van der Waals surface area contributed by atoms with E-state index < -0.39 is 5.97 Å². The molecule has 1 unspecified atom stereocenters. The van der Waals surface area contributed by atoms with E-state index >= 15 is 0 Å². The van der Waals surface area contributed by atoms with Gasteiger partial charge in [0.2, 0.25) is 0 Å². The molecular formula is C17H25NO5. The fraction of sp³-hybridized carbons (Fsp3) is 0.529. The minimum Gasteiger partial charge on any atom is -0.493 e. The zero-order valence-electron chi connectivity index (χ0n) is 13.9. The lowest BCUT2D eigenvalue weighted by atomic mass is 10.1. The van der Waals surface area contributed by atoms with Crippen LogP contribution in [0.3, 0.4) is 0 Å². The lowest BCUT2D eigenvalue weighted by Gasteiger charge is -2.13. The highest BCUT2D eigenvalue weighted by Crippen LogP contribution is 2.28. The highest BCUT2D eigenvalue weighted by atomic mass is 16.5. The number of rotatable bonds is 10. The van der Waals surface area contributed by atoms with Crippen molar-refractivity contribution in [3.05, 3.63) is 23.8 Å². The van der Waals surface area contributed by atoms with Gasteiger partial charge in [-0.2, -0.15) is 0 Å². The van der Waals surface area contributed by atoms with Crippen molar-refractivity contribution in [1.82, 2.24) is 5.32 Å². The molecule has 0 saturated heterocycles. The van der Waals surface area contributed by atoms with Gasteiger partial charge >= 0.3 is 5.97 Å². The number of ether oxygens (including phenoxy) is 2. The number of aliphatic carboxylic acids is 1. The number of unbranched alkanes of at least 4 members (excludes halogenated alkanes) is 1. The zero-order valence-corrected chi connectivity index (χ0v) is 13.9. The van der Waals surface area contributed by atoms with E-state index in [4.69, 9.17) is 14.6 Å². The second-order valence-electron chi connectivity index (χ2n) is 5.48. The monoisotopic (exact) mass is 323 g/mol. The van der Waals surface area contributed by atoms with Crippen LogP contribution in [0.5, 0.6) is 11.5 Å². The van der Waals surface area contributed by atoms with Gasteiger partial charge in [-0.3, -0.25) is 9.59 Å². The first-order chi connectivity index (χ1) is 11.0. The highest BCUT2D eigenvalue weighted by Gasteiger charge is 2.13. The lowest BCUT2D eigenvalue weighted by Crippen LogP contribution is -2.29. The van der Waals surface area contributed by atoms with Gasteiger partial charge in [-0.1, -0.05) is 20.3 Å². The van der Waals surface area contributed by atoms with Crippen LogP contribution in [0.1, 0.15) is 43.5 Å². The van der Waals surface area contributed by atoms with E-state index in [1.165, 1.54) is 7.11 Å². The Morgan fingerprint density at radius 2 is 2.04 bits per heavy atom. The number of benzene rings is 1. The largest absolute Gasteiger partial charge is 0.493 e. The van der Waals surface area contributed by atoms with Crippen molar-refractivity contribution in [2.75, 3.05) is 20.3 Å². The van der Waals surface area contributed by atoms with Gasteiger partial charge in [0.05, 0.1) is 13.7 Å².